The van der Waals surface area contributed by atoms with Gasteiger partial charge in [0.1, 0.15) is 6.07 Å². The van der Waals surface area contributed by atoms with Crippen molar-refractivity contribution in [2.45, 2.75) is 19.4 Å². The Morgan fingerprint density at radius 2 is 2.50 bits per heavy atom. The summed E-state index contributed by atoms with van der Waals surface area (Å²) in [5, 5.41) is 20.8. The molecule has 1 heterocycles. The Hall–Kier alpha value is -1.60. The van der Waals surface area contributed by atoms with E-state index in [0.29, 0.717) is 11.3 Å². The fraction of sp³-hybridized carbons (Fsp3) is 0.400. The monoisotopic (exact) mass is 191 g/mol. The molecule has 0 saturated carbocycles. The number of anilines is 1. The van der Waals surface area contributed by atoms with Gasteiger partial charge in [0, 0.05) is 12.2 Å². The third kappa shape index (κ3) is 2.44. The molecule has 0 amide bonds. The molecule has 4 nitrogen and oxygen atoms in total. The smallest absolute Gasteiger partial charge is 0.101 e. The van der Waals surface area contributed by atoms with E-state index >= 15 is 0 Å². The highest BCUT2D eigenvalue weighted by Gasteiger charge is 2.07. The Kier molecular flexibility index (Phi) is 3.89. The van der Waals surface area contributed by atoms with Gasteiger partial charge in [0.05, 0.1) is 24.1 Å². The van der Waals surface area contributed by atoms with Crippen molar-refractivity contribution in [2.24, 2.45) is 0 Å². The molecule has 74 valence electrons. The number of nitrogens with one attached hydrogen (secondary N) is 1. The van der Waals surface area contributed by atoms with Crippen LogP contribution < -0.4 is 5.32 Å². The average Bonchev–Trinajstić information content (AvgIpc) is 2.26. The Morgan fingerprint density at radius 3 is 3.07 bits per heavy atom. The molecular weight excluding hydrogens is 178 g/mol. The van der Waals surface area contributed by atoms with Gasteiger partial charge in [-0.15, -0.1) is 0 Å². The van der Waals surface area contributed by atoms with Crippen molar-refractivity contribution in [2.75, 3.05) is 11.9 Å². The van der Waals surface area contributed by atoms with Crippen LogP contribution in [0.15, 0.2) is 18.5 Å². The van der Waals surface area contributed by atoms with Crippen LogP contribution in [-0.4, -0.2) is 22.7 Å². The van der Waals surface area contributed by atoms with E-state index in [9.17, 15) is 0 Å². The molecular formula is C10H13N3O. The number of hydrogen-bond acceptors (Lipinski definition) is 4. The van der Waals surface area contributed by atoms with E-state index in [1.165, 1.54) is 0 Å². The number of aliphatic hydroxyl groups is 1. The minimum Gasteiger partial charge on any atom is -0.394 e. The molecule has 4 heteroatoms. The molecule has 0 aliphatic carbocycles. The Labute approximate surface area is 83.2 Å². The molecule has 0 aliphatic heterocycles. The summed E-state index contributed by atoms with van der Waals surface area (Å²) in [4.78, 5) is 3.92. The van der Waals surface area contributed by atoms with Crippen LogP contribution in [0.1, 0.15) is 18.9 Å². The van der Waals surface area contributed by atoms with Crippen LogP contribution >= 0.6 is 0 Å². The fourth-order valence-corrected chi connectivity index (χ4v) is 1.10. The van der Waals surface area contributed by atoms with Gasteiger partial charge in [0.2, 0.25) is 0 Å². The quantitative estimate of drug-likeness (QED) is 0.748. The van der Waals surface area contributed by atoms with Crippen LogP contribution in [0.25, 0.3) is 0 Å². The Balaban J connectivity index is 2.80. The highest BCUT2D eigenvalue weighted by Crippen LogP contribution is 2.13. The summed E-state index contributed by atoms with van der Waals surface area (Å²) in [7, 11) is 0. The normalized spacial score (nSPS) is 11.8. The third-order valence-corrected chi connectivity index (χ3v) is 2.01. The molecule has 1 aromatic heterocycles. The van der Waals surface area contributed by atoms with Gasteiger partial charge < -0.3 is 10.4 Å². The van der Waals surface area contributed by atoms with Gasteiger partial charge in [-0.1, -0.05) is 6.92 Å². The molecule has 0 radical (unpaired) electrons. The minimum atomic E-state index is -0.0219. The van der Waals surface area contributed by atoms with Gasteiger partial charge in [-0.25, -0.2) is 0 Å². The second kappa shape index (κ2) is 5.20. The molecule has 1 rings (SSSR count). The lowest BCUT2D eigenvalue weighted by atomic mass is 10.2. The number of aromatic nitrogens is 1. The van der Waals surface area contributed by atoms with Crippen molar-refractivity contribution in [1.82, 2.24) is 4.98 Å². The summed E-state index contributed by atoms with van der Waals surface area (Å²) in [5.74, 6) is 0. The van der Waals surface area contributed by atoms with Crippen LogP contribution in [-0.2, 0) is 0 Å². The highest BCUT2D eigenvalue weighted by atomic mass is 16.3. The number of nitrogens with zero attached hydrogens (tertiary/aromatic N) is 2. The van der Waals surface area contributed by atoms with Crippen LogP contribution in [0, 0.1) is 11.3 Å². The molecule has 0 saturated heterocycles. The summed E-state index contributed by atoms with van der Waals surface area (Å²) in [6.07, 6.45) is 3.97. The number of rotatable bonds is 4. The lowest BCUT2D eigenvalue weighted by Gasteiger charge is -2.15. The Morgan fingerprint density at radius 1 is 1.71 bits per heavy atom. The molecule has 2 N–H and O–H groups in total. The zero-order valence-corrected chi connectivity index (χ0v) is 8.07. The second-order valence-electron chi connectivity index (χ2n) is 2.97. The predicted molar refractivity (Wildman–Crippen MR) is 53.7 cm³/mol. The number of hydrogen-bond donors (Lipinski definition) is 2. The lowest BCUT2D eigenvalue weighted by Crippen LogP contribution is -2.23. The Bertz CT molecular complexity index is 328. The van der Waals surface area contributed by atoms with E-state index in [4.69, 9.17) is 10.4 Å². The summed E-state index contributed by atoms with van der Waals surface area (Å²) in [6.45, 7) is 2.02. The van der Waals surface area contributed by atoms with Gasteiger partial charge in [-0.2, -0.15) is 5.26 Å². The van der Waals surface area contributed by atoms with E-state index in [1.54, 1.807) is 18.5 Å². The summed E-state index contributed by atoms with van der Waals surface area (Å²) < 4.78 is 0. The number of pyridine rings is 1. The van der Waals surface area contributed by atoms with Gasteiger partial charge in [0.25, 0.3) is 0 Å². The first-order valence-corrected chi connectivity index (χ1v) is 4.53. The van der Waals surface area contributed by atoms with Gasteiger partial charge >= 0.3 is 0 Å². The van der Waals surface area contributed by atoms with Crippen molar-refractivity contribution in [3.05, 3.63) is 24.0 Å². The molecule has 14 heavy (non-hydrogen) atoms. The fourth-order valence-electron chi connectivity index (χ4n) is 1.10. The first kappa shape index (κ1) is 10.5. The maximum atomic E-state index is 8.99. The predicted octanol–water partition coefficient (Wildman–Crippen LogP) is 1.14. The highest BCUT2D eigenvalue weighted by molar-refractivity contribution is 5.55. The van der Waals surface area contributed by atoms with Gasteiger partial charge in [-0.3, -0.25) is 4.98 Å². The number of nitriles is 1. The zero-order chi connectivity index (χ0) is 10.4. The molecule has 0 spiro atoms. The van der Waals surface area contributed by atoms with Crippen molar-refractivity contribution < 1.29 is 5.11 Å². The second-order valence-corrected chi connectivity index (χ2v) is 2.97. The minimum absolute atomic E-state index is 0.0219. The average molecular weight is 191 g/mol. The van der Waals surface area contributed by atoms with Crippen molar-refractivity contribution in [1.29, 1.82) is 5.26 Å². The van der Waals surface area contributed by atoms with E-state index in [1.807, 2.05) is 6.92 Å². The maximum Gasteiger partial charge on any atom is 0.101 e. The maximum absolute atomic E-state index is 8.99. The first-order chi connectivity index (χ1) is 6.81. The molecule has 0 unspecified atom stereocenters. The third-order valence-electron chi connectivity index (χ3n) is 2.01. The van der Waals surface area contributed by atoms with Crippen molar-refractivity contribution in [3.63, 3.8) is 0 Å². The van der Waals surface area contributed by atoms with E-state index < -0.39 is 0 Å². The molecule has 1 atom stereocenters. The summed E-state index contributed by atoms with van der Waals surface area (Å²) in [5.41, 5.74) is 1.22. The number of aliphatic hydroxyl groups excluding tert-OH is 1. The summed E-state index contributed by atoms with van der Waals surface area (Å²) in [6, 6.07) is 3.69. The van der Waals surface area contributed by atoms with Crippen molar-refractivity contribution in [3.8, 4) is 6.07 Å². The molecule has 0 fully saturated rings. The molecule has 0 bridgehead atoms. The van der Waals surface area contributed by atoms with Crippen LogP contribution in [0.5, 0.6) is 0 Å². The van der Waals surface area contributed by atoms with Crippen LogP contribution in [0.3, 0.4) is 0 Å². The molecule has 1 aromatic rings. The lowest BCUT2D eigenvalue weighted by molar-refractivity contribution is 0.272. The summed E-state index contributed by atoms with van der Waals surface area (Å²) >= 11 is 0. The van der Waals surface area contributed by atoms with Crippen LogP contribution in [0.2, 0.25) is 0 Å². The van der Waals surface area contributed by atoms with Crippen molar-refractivity contribution >= 4 is 5.69 Å². The van der Waals surface area contributed by atoms with E-state index in [0.717, 1.165) is 6.42 Å². The van der Waals surface area contributed by atoms with Crippen LogP contribution in [0.4, 0.5) is 5.69 Å². The van der Waals surface area contributed by atoms with E-state index in [-0.39, 0.29) is 12.6 Å². The molecule has 0 aromatic carbocycles. The topological polar surface area (TPSA) is 68.9 Å². The molecule has 0 aliphatic rings. The van der Waals surface area contributed by atoms with E-state index in [2.05, 4.69) is 16.4 Å². The zero-order valence-electron chi connectivity index (χ0n) is 8.07. The standard InChI is InChI=1S/C10H13N3O/c1-2-9(7-14)13-10-6-12-4-3-8(10)5-11/h3-4,6,9,13-14H,2,7H2,1H3/t9-/m0/s1. The van der Waals surface area contributed by atoms with Gasteiger partial charge in [0.15, 0.2) is 0 Å². The SMILES string of the molecule is CC[C@@H](CO)Nc1cnccc1C#N. The first-order valence-electron chi connectivity index (χ1n) is 4.53. The largest absolute Gasteiger partial charge is 0.394 e. The van der Waals surface area contributed by atoms with Gasteiger partial charge in [-0.05, 0) is 12.5 Å².